The van der Waals surface area contributed by atoms with Crippen molar-refractivity contribution in [3.8, 4) is 5.75 Å². The number of hydrogen-bond acceptors (Lipinski definition) is 4. The summed E-state index contributed by atoms with van der Waals surface area (Å²) in [4.78, 5) is 0.139. The van der Waals surface area contributed by atoms with Gasteiger partial charge in [0, 0.05) is 30.2 Å². The van der Waals surface area contributed by atoms with E-state index in [0.717, 1.165) is 24.9 Å². The van der Waals surface area contributed by atoms with Gasteiger partial charge in [-0.3, -0.25) is 0 Å². The molecule has 1 aromatic carbocycles. The summed E-state index contributed by atoms with van der Waals surface area (Å²) in [6.07, 6.45) is 1.81. The Kier molecular flexibility index (Phi) is 5.14. The molecule has 21 heavy (non-hydrogen) atoms. The van der Waals surface area contributed by atoms with E-state index < -0.39 is 10.0 Å². The van der Waals surface area contributed by atoms with Crippen LogP contribution in [0, 0.1) is 0 Å². The summed E-state index contributed by atoms with van der Waals surface area (Å²) < 4.78 is 32.3. The number of ether oxygens (including phenoxy) is 1. The molecule has 1 N–H and O–H groups in total. The molecule has 0 aromatic heterocycles. The number of methoxy groups -OCH3 is 1. The summed E-state index contributed by atoms with van der Waals surface area (Å²) >= 11 is 6.10. The Morgan fingerprint density at radius 3 is 2.62 bits per heavy atom. The number of nitrogens with one attached hydrogen (secondary N) is 1. The van der Waals surface area contributed by atoms with Crippen LogP contribution in [0.5, 0.6) is 5.75 Å². The van der Waals surface area contributed by atoms with Gasteiger partial charge in [0.2, 0.25) is 10.0 Å². The number of benzene rings is 1. The van der Waals surface area contributed by atoms with Gasteiger partial charge in [-0.2, -0.15) is 4.31 Å². The van der Waals surface area contributed by atoms with Crippen LogP contribution in [0.2, 0.25) is 5.02 Å². The smallest absolute Gasteiger partial charge is 0.246 e. The van der Waals surface area contributed by atoms with Crippen molar-refractivity contribution in [2.24, 2.45) is 0 Å². The minimum Gasteiger partial charge on any atom is -0.495 e. The van der Waals surface area contributed by atoms with Crippen LogP contribution in [0.15, 0.2) is 17.0 Å². The highest BCUT2D eigenvalue weighted by molar-refractivity contribution is 7.89. The lowest BCUT2D eigenvalue weighted by atomic mass is 10.2. The van der Waals surface area contributed by atoms with Gasteiger partial charge in [-0.15, -0.1) is 0 Å². The Labute approximate surface area is 131 Å². The third-order valence-electron chi connectivity index (χ3n) is 3.58. The van der Waals surface area contributed by atoms with Crippen LogP contribution in [0.25, 0.3) is 0 Å². The quantitative estimate of drug-likeness (QED) is 0.832. The van der Waals surface area contributed by atoms with Gasteiger partial charge in [-0.05, 0) is 31.5 Å². The maximum atomic E-state index is 12.7. The van der Waals surface area contributed by atoms with Gasteiger partial charge in [0.25, 0.3) is 0 Å². The van der Waals surface area contributed by atoms with Crippen molar-refractivity contribution in [3.63, 3.8) is 0 Å². The van der Waals surface area contributed by atoms with Crippen LogP contribution in [0.3, 0.4) is 0 Å². The SMILES string of the molecule is CCNCc1cc(Cl)cc(S(=O)(=O)N(C)C2CC2)c1OC. The monoisotopic (exact) mass is 332 g/mol. The molecular weight excluding hydrogens is 312 g/mol. The van der Waals surface area contributed by atoms with Crippen molar-refractivity contribution in [2.45, 2.75) is 37.2 Å². The van der Waals surface area contributed by atoms with E-state index in [1.165, 1.54) is 17.5 Å². The summed E-state index contributed by atoms with van der Waals surface area (Å²) in [5.74, 6) is 0.368. The van der Waals surface area contributed by atoms with E-state index in [2.05, 4.69) is 5.32 Å². The summed E-state index contributed by atoms with van der Waals surface area (Å²) in [6.45, 7) is 3.27. The van der Waals surface area contributed by atoms with Crippen LogP contribution in [0.1, 0.15) is 25.3 Å². The Morgan fingerprint density at radius 1 is 1.43 bits per heavy atom. The molecular formula is C14H21ClN2O3S. The van der Waals surface area contributed by atoms with E-state index in [9.17, 15) is 8.42 Å². The summed E-state index contributed by atoms with van der Waals surface area (Å²) in [5.41, 5.74) is 0.745. The van der Waals surface area contributed by atoms with Gasteiger partial charge in [0.05, 0.1) is 7.11 Å². The first kappa shape index (κ1) is 16.5. The van der Waals surface area contributed by atoms with Gasteiger partial charge >= 0.3 is 0 Å². The predicted molar refractivity (Wildman–Crippen MR) is 83.4 cm³/mol. The molecule has 0 atom stereocenters. The fourth-order valence-electron chi connectivity index (χ4n) is 2.23. The van der Waals surface area contributed by atoms with Gasteiger partial charge < -0.3 is 10.1 Å². The lowest BCUT2D eigenvalue weighted by molar-refractivity contribution is 0.391. The Morgan fingerprint density at radius 2 is 2.10 bits per heavy atom. The average molecular weight is 333 g/mol. The zero-order valence-corrected chi connectivity index (χ0v) is 14.1. The van der Waals surface area contributed by atoms with Crippen LogP contribution in [0.4, 0.5) is 0 Å². The molecule has 1 saturated carbocycles. The topological polar surface area (TPSA) is 58.6 Å². The number of sulfonamides is 1. The minimum atomic E-state index is -3.59. The molecule has 1 fully saturated rings. The highest BCUT2D eigenvalue weighted by Crippen LogP contribution is 2.37. The summed E-state index contributed by atoms with van der Waals surface area (Å²) in [6, 6.07) is 3.29. The number of hydrogen-bond donors (Lipinski definition) is 1. The number of rotatable bonds is 7. The first-order chi connectivity index (χ1) is 9.91. The third kappa shape index (κ3) is 3.51. The van der Waals surface area contributed by atoms with Crippen molar-refractivity contribution >= 4 is 21.6 Å². The largest absolute Gasteiger partial charge is 0.495 e. The molecule has 2 rings (SSSR count). The predicted octanol–water partition coefficient (Wildman–Crippen LogP) is 2.24. The highest BCUT2D eigenvalue weighted by atomic mass is 35.5. The maximum Gasteiger partial charge on any atom is 0.246 e. The first-order valence-corrected chi connectivity index (χ1v) is 8.78. The molecule has 1 aliphatic carbocycles. The third-order valence-corrected chi connectivity index (χ3v) is 5.72. The van der Waals surface area contributed by atoms with Gasteiger partial charge in [-0.25, -0.2) is 8.42 Å². The van der Waals surface area contributed by atoms with Crippen LogP contribution < -0.4 is 10.1 Å². The molecule has 0 bridgehead atoms. The molecule has 0 heterocycles. The molecule has 7 heteroatoms. The van der Waals surface area contributed by atoms with Crippen molar-refractivity contribution in [3.05, 3.63) is 22.7 Å². The summed E-state index contributed by atoms with van der Waals surface area (Å²) in [5, 5.41) is 3.56. The average Bonchev–Trinajstić information content (AvgIpc) is 3.28. The van der Waals surface area contributed by atoms with E-state index in [1.54, 1.807) is 13.1 Å². The second-order valence-electron chi connectivity index (χ2n) is 5.13. The second-order valence-corrected chi connectivity index (χ2v) is 7.53. The molecule has 0 spiro atoms. The fourth-order valence-corrected chi connectivity index (χ4v) is 4.17. The molecule has 0 radical (unpaired) electrons. The maximum absolute atomic E-state index is 12.7. The van der Waals surface area contributed by atoms with Crippen molar-refractivity contribution in [2.75, 3.05) is 20.7 Å². The molecule has 0 amide bonds. The standard InChI is InChI=1S/C14H21ClN2O3S/c1-4-16-9-10-7-11(15)8-13(14(10)20-3)21(18,19)17(2)12-5-6-12/h7-8,12,16H,4-6,9H2,1-3H3. The lowest BCUT2D eigenvalue weighted by Gasteiger charge is -2.20. The molecule has 0 saturated heterocycles. The normalized spacial score (nSPS) is 15.5. The van der Waals surface area contributed by atoms with E-state index in [-0.39, 0.29) is 10.9 Å². The summed E-state index contributed by atoms with van der Waals surface area (Å²) in [7, 11) is -0.503. The Hall–Kier alpha value is -0.820. The molecule has 1 aliphatic rings. The van der Waals surface area contributed by atoms with Crippen LogP contribution in [-0.4, -0.2) is 39.5 Å². The van der Waals surface area contributed by atoms with Gasteiger partial charge in [0.15, 0.2) is 0 Å². The Balaban J connectivity index is 2.48. The minimum absolute atomic E-state index is 0.0934. The van der Waals surface area contributed by atoms with E-state index in [1.807, 2.05) is 6.92 Å². The number of halogens is 1. The lowest BCUT2D eigenvalue weighted by Crippen LogP contribution is -2.29. The number of nitrogens with zero attached hydrogens (tertiary/aromatic N) is 1. The van der Waals surface area contributed by atoms with E-state index >= 15 is 0 Å². The van der Waals surface area contributed by atoms with Crippen LogP contribution in [-0.2, 0) is 16.6 Å². The van der Waals surface area contributed by atoms with Gasteiger partial charge in [-0.1, -0.05) is 18.5 Å². The van der Waals surface area contributed by atoms with Crippen LogP contribution >= 0.6 is 11.6 Å². The first-order valence-electron chi connectivity index (χ1n) is 6.97. The molecule has 5 nitrogen and oxygen atoms in total. The van der Waals surface area contributed by atoms with Gasteiger partial charge in [0.1, 0.15) is 10.6 Å². The van der Waals surface area contributed by atoms with Crippen molar-refractivity contribution < 1.29 is 13.2 Å². The molecule has 1 aromatic rings. The fraction of sp³-hybridized carbons (Fsp3) is 0.571. The van der Waals surface area contributed by atoms with Crippen molar-refractivity contribution in [1.29, 1.82) is 0 Å². The molecule has 0 unspecified atom stereocenters. The second kappa shape index (κ2) is 6.52. The zero-order chi connectivity index (χ0) is 15.6. The molecule has 118 valence electrons. The Bertz CT molecular complexity index is 615. The van der Waals surface area contributed by atoms with E-state index in [0.29, 0.717) is 17.3 Å². The highest BCUT2D eigenvalue weighted by Gasteiger charge is 2.37. The van der Waals surface area contributed by atoms with E-state index in [4.69, 9.17) is 16.3 Å². The van der Waals surface area contributed by atoms with Crippen molar-refractivity contribution in [1.82, 2.24) is 9.62 Å². The zero-order valence-electron chi connectivity index (χ0n) is 12.5. The molecule has 0 aliphatic heterocycles.